The molecule has 0 saturated carbocycles. The molecule has 0 spiro atoms. The molecule has 2 N–H and O–H groups in total. The highest BCUT2D eigenvalue weighted by atomic mass is 32.2. The second-order valence-corrected chi connectivity index (χ2v) is 8.79. The molecule has 7 nitrogen and oxygen atoms in total. The smallest absolute Gasteiger partial charge is 0.328 e. The normalized spacial score (nSPS) is 17.1. The van der Waals surface area contributed by atoms with Gasteiger partial charge in [0.05, 0.1) is 17.6 Å². The Bertz CT molecular complexity index is 693. The summed E-state index contributed by atoms with van der Waals surface area (Å²) in [5.74, 6) is -0.151. The van der Waals surface area contributed by atoms with Crippen LogP contribution in [0.15, 0.2) is 29.2 Å². The molecule has 0 amide bonds. The molecule has 0 atom stereocenters. The van der Waals surface area contributed by atoms with E-state index in [1.807, 2.05) is 0 Å². The number of nitrogens with two attached hydrogens (primary N) is 1. The Hall–Kier alpha value is -1.64. The molecule has 0 aliphatic carbocycles. The largest absolute Gasteiger partial charge is 0.494 e. The first-order valence-corrected chi connectivity index (χ1v) is 10.3. The van der Waals surface area contributed by atoms with Crippen molar-refractivity contribution in [1.29, 1.82) is 0 Å². The Kier molecular flexibility index (Phi) is 7.02. The van der Waals surface area contributed by atoms with Crippen molar-refractivity contribution >= 4 is 15.8 Å². The van der Waals surface area contributed by atoms with Gasteiger partial charge in [0.1, 0.15) is 5.75 Å². The number of sulfone groups is 1. The van der Waals surface area contributed by atoms with Crippen LogP contribution >= 0.6 is 0 Å². The first kappa shape index (κ1) is 20.7. The third-order valence-corrected chi connectivity index (χ3v) is 6.78. The predicted molar refractivity (Wildman–Crippen MR) is 96.8 cm³/mol. The Morgan fingerprint density at radius 3 is 2.38 bits per heavy atom. The van der Waals surface area contributed by atoms with Crippen LogP contribution in [-0.4, -0.2) is 51.6 Å². The molecule has 1 aromatic carbocycles. The lowest BCUT2D eigenvalue weighted by atomic mass is 9.99. The zero-order valence-electron chi connectivity index (χ0n) is 15.3. The molecule has 0 aromatic heterocycles. The number of ether oxygens (including phenoxy) is 3. The van der Waals surface area contributed by atoms with Gasteiger partial charge in [0.25, 0.3) is 0 Å². The van der Waals surface area contributed by atoms with E-state index in [9.17, 15) is 13.2 Å². The van der Waals surface area contributed by atoms with E-state index in [1.54, 1.807) is 26.0 Å². The van der Waals surface area contributed by atoms with Crippen LogP contribution in [-0.2, 0) is 24.1 Å². The maximum atomic E-state index is 13.3. The van der Waals surface area contributed by atoms with Crippen LogP contribution in [0.3, 0.4) is 0 Å². The molecule has 8 heteroatoms. The van der Waals surface area contributed by atoms with Crippen LogP contribution in [0, 0.1) is 0 Å². The number of hydrogen-bond acceptors (Lipinski definition) is 7. The minimum absolute atomic E-state index is 0.0753. The number of hydrogen-bond donors (Lipinski definition) is 1. The SMILES string of the molecule is CC(C)OC(=O)C1(S(=O)(=O)c2ccc(OCCCN)cc2)CCOCC1. The highest BCUT2D eigenvalue weighted by molar-refractivity contribution is 7.93. The van der Waals surface area contributed by atoms with Crippen molar-refractivity contribution in [3.8, 4) is 5.75 Å². The Morgan fingerprint density at radius 1 is 1.23 bits per heavy atom. The second kappa shape index (κ2) is 8.83. The van der Waals surface area contributed by atoms with Gasteiger partial charge in [0, 0.05) is 26.1 Å². The van der Waals surface area contributed by atoms with E-state index >= 15 is 0 Å². The lowest BCUT2D eigenvalue weighted by Crippen LogP contribution is -2.52. The van der Waals surface area contributed by atoms with Crippen molar-refractivity contribution in [2.75, 3.05) is 26.4 Å². The molecule has 26 heavy (non-hydrogen) atoms. The fourth-order valence-electron chi connectivity index (χ4n) is 2.82. The van der Waals surface area contributed by atoms with Crippen molar-refractivity contribution in [2.24, 2.45) is 5.73 Å². The number of esters is 1. The molecular formula is C18H27NO6S. The molecule has 2 rings (SSSR count). The zero-order valence-corrected chi connectivity index (χ0v) is 16.1. The molecule has 1 saturated heterocycles. The average molecular weight is 385 g/mol. The lowest BCUT2D eigenvalue weighted by molar-refractivity contribution is -0.153. The first-order chi connectivity index (χ1) is 12.3. The molecule has 0 radical (unpaired) electrons. The van der Waals surface area contributed by atoms with Crippen LogP contribution in [0.1, 0.15) is 33.1 Å². The molecule has 146 valence electrons. The van der Waals surface area contributed by atoms with E-state index in [1.165, 1.54) is 12.1 Å². The van der Waals surface area contributed by atoms with Crippen molar-refractivity contribution in [3.63, 3.8) is 0 Å². The van der Waals surface area contributed by atoms with Gasteiger partial charge in [-0.2, -0.15) is 0 Å². The number of carbonyl (C=O) groups is 1. The minimum Gasteiger partial charge on any atom is -0.494 e. The molecule has 1 heterocycles. The highest BCUT2D eigenvalue weighted by Crippen LogP contribution is 2.37. The molecule has 0 bridgehead atoms. The summed E-state index contributed by atoms with van der Waals surface area (Å²) in [5.41, 5.74) is 5.42. The fraction of sp³-hybridized carbons (Fsp3) is 0.611. The zero-order chi connectivity index (χ0) is 19.2. The Labute approximate surface area is 154 Å². The summed E-state index contributed by atoms with van der Waals surface area (Å²) in [7, 11) is -3.94. The average Bonchev–Trinajstić information content (AvgIpc) is 2.62. The molecule has 1 aliphatic rings. The number of benzene rings is 1. The van der Waals surface area contributed by atoms with E-state index in [4.69, 9.17) is 19.9 Å². The van der Waals surface area contributed by atoms with E-state index in [-0.39, 0.29) is 31.0 Å². The van der Waals surface area contributed by atoms with Gasteiger partial charge in [-0.15, -0.1) is 0 Å². The third-order valence-electron chi connectivity index (χ3n) is 4.28. The van der Waals surface area contributed by atoms with Gasteiger partial charge < -0.3 is 19.9 Å². The van der Waals surface area contributed by atoms with Crippen LogP contribution < -0.4 is 10.5 Å². The summed E-state index contributed by atoms with van der Waals surface area (Å²) in [6.07, 6.45) is 0.478. The summed E-state index contributed by atoms with van der Waals surface area (Å²) >= 11 is 0. The predicted octanol–water partition coefficient (Wildman–Crippen LogP) is 1.69. The topological polar surface area (TPSA) is 105 Å². The van der Waals surface area contributed by atoms with Gasteiger partial charge in [-0.3, -0.25) is 4.79 Å². The van der Waals surface area contributed by atoms with Crippen LogP contribution in [0.2, 0.25) is 0 Å². The summed E-state index contributed by atoms with van der Waals surface area (Å²) in [4.78, 5) is 12.8. The maximum absolute atomic E-state index is 13.3. The Balaban J connectivity index is 2.30. The van der Waals surface area contributed by atoms with E-state index in [0.717, 1.165) is 0 Å². The monoisotopic (exact) mass is 385 g/mol. The van der Waals surface area contributed by atoms with Gasteiger partial charge in [-0.25, -0.2) is 8.42 Å². The first-order valence-electron chi connectivity index (χ1n) is 8.80. The molecule has 0 unspecified atom stereocenters. The van der Waals surface area contributed by atoms with Gasteiger partial charge in [0.15, 0.2) is 14.6 Å². The van der Waals surface area contributed by atoms with Gasteiger partial charge in [-0.1, -0.05) is 0 Å². The van der Waals surface area contributed by atoms with Crippen LogP contribution in [0.4, 0.5) is 0 Å². The molecule has 1 aromatic rings. The van der Waals surface area contributed by atoms with Gasteiger partial charge >= 0.3 is 5.97 Å². The number of carbonyl (C=O) groups excluding carboxylic acids is 1. The molecule has 1 aliphatic heterocycles. The fourth-order valence-corrected chi connectivity index (χ4v) is 4.74. The van der Waals surface area contributed by atoms with Crippen LogP contribution in [0.5, 0.6) is 5.75 Å². The van der Waals surface area contributed by atoms with Crippen LogP contribution in [0.25, 0.3) is 0 Å². The van der Waals surface area contributed by atoms with Crippen molar-refractivity contribution < 1.29 is 27.4 Å². The summed E-state index contributed by atoms with van der Waals surface area (Å²) in [5, 5.41) is 0. The summed E-state index contributed by atoms with van der Waals surface area (Å²) in [6.45, 7) is 4.79. The second-order valence-electron chi connectivity index (χ2n) is 6.53. The van der Waals surface area contributed by atoms with Crippen molar-refractivity contribution in [3.05, 3.63) is 24.3 Å². The van der Waals surface area contributed by atoms with Gasteiger partial charge in [-0.05, 0) is 51.1 Å². The van der Waals surface area contributed by atoms with Gasteiger partial charge in [0.2, 0.25) is 0 Å². The number of rotatable bonds is 8. The standard InChI is InChI=1S/C18H27NO6S/c1-14(2)25-17(20)18(8-12-23-13-9-18)26(21,22)16-6-4-15(5-7-16)24-11-3-10-19/h4-7,14H,3,8-13,19H2,1-2H3. The van der Waals surface area contributed by atoms with E-state index in [2.05, 4.69) is 0 Å². The molecule has 1 fully saturated rings. The lowest BCUT2D eigenvalue weighted by Gasteiger charge is -2.34. The van der Waals surface area contributed by atoms with E-state index in [0.29, 0.717) is 25.3 Å². The highest BCUT2D eigenvalue weighted by Gasteiger charge is 2.53. The van der Waals surface area contributed by atoms with E-state index < -0.39 is 26.7 Å². The molecular weight excluding hydrogens is 358 g/mol. The summed E-state index contributed by atoms with van der Waals surface area (Å²) < 4.78 is 41.0. The maximum Gasteiger partial charge on any atom is 0.328 e. The third kappa shape index (κ3) is 4.36. The quantitative estimate of drug-likeness (QED) is 0.536. The Morgan fingerprint density at radius 2 is 1.85 bits per heavy atom. The summed E-state index contributed by atoms with van der Waals surface area (Å²) in [6, 6.07) is 6.11. The van der Waals surface area contributed by atoms with Crippen molar-refractivity contribution in [2.45, 2.75) is 48.9 Å². The minimum atomic E-state index is -3.94. The van der Waals surface area contributed by atoms with Crippen molar-refractivity contribution in [1.82, 2.24) is 0 Å².